The van der Waals surface area contributed by atoms with E-state index >= 15 is 0 Å². The third-order valence-corrected chi connectivity index (χ3v) is 2.65. The Morgan fingerprint density at radius 2 is 2.08 bits per heavy atom. The molecule has 0 amide bonds. The average Bonchev–Trinajstić information content (AvgIpc) is 2.65. The third kappa shape index (κ3) is 0.966. The van der Waals surface area contributed by atoms with Gasteiger partial charge in [-0.25, -0.2) is 0 Å². The summed E-state index contributed by atoms with van der Waals surface area (Å²) in [5.41, 5.74) is 2.62. The van der Waals surface area contributed by atoms with E-state index in [-0.39, 0.29) is 0 Å². The number of rotatable bonds is 0. The van der Waals surface area contributed by atoms with Crippen molar-refractivity contribution in [2.24, 2.45) is 0 Å². The van der Waals surface area contributed by atoms with Crippen LogP contribution in [0.25, 0.3) is 10.8 Å². The molecule has 0 bridgehead atoms. The fraction of sp³-hybridized carbons (Fsp3) is 0.167. The molecule has 1 radical (unpaired) electrons. The Bertz CT molecular complexity index is 460. The van der Waals surface area contributed by atoms with Gasteiger partial charge in [0.15, 0.2) is 0 Å². The van der Waals surface area contributed by atoms with E-state index in [1.54, 1.807) is 0 Å². The van der Waals surface area contributed by atoms with Gasteiger partial charge in [-0.05, 0) is 30.2 Å². The number of pyridine rings is 1. The summed E-state index contributed by atoms with van der Waals surface area (Å²) in [7, 11) is 0. The summed E-state index contributed by atoms with van der Waals surface area (Å²) in [5.74, 6) is 0. The van der Waals surface area contributed by atoms with Crippen LogP contribution >= 0.6 is 0 Å². The quantitative estimate of drug-likeness (QED) is 0.589. The van der Waals surface area contributed by atoms with Gasteiger partial charge in [0.25, 0.3) is 0 Å². The van der Waals surface area contributed by atoms with Crippen molar-refractivity contribution in [1.82, 2.24) is 4.98 Å². The predicted molar refractivity (Wildman–Crippen MR) is 53.5 cm³/mol. The molecular weight excluding hydrogens is 158 g/mol. The van der Waals surface area contributed by atoms with Crippen molar-refractivity contribution < 1.29 is 0 Å². The number of aryl methyl sites for hydroxylation is 1. The van der Waals surface area contributed by atoms with E-state index in [2.05, 4.69) is 35.7 Å². The average molecular weight is 168 g/mol. The van der Waals surface area contributed by atoms with Gasteiger partial charge in [0.2, 0.25) is 0 Å². The second-order valence-electron chi connectivity index (χ2n) is 3.45. The molecule has 0 N–H and O–H groups in total. The van der Waals surface area contributed by atoms with E-state index in [0.29, 0.717) is 0 Å². The first-order valence-corrected chi connectivity index (χ1v) is 4.65. The van der Waals surface area contributed by atoms with Crippen molar-refractivity contribution in [2.75, 3.05) is 0 Å². The van der Waals surface area contributed by atoms with Crippen molar-refractivity contribution in [3.05, 3.63) is 48.1 Å². The lowest BCUT2D eigenvalue weighted by molar-refractivity contribution is 0.990. The lowest BCUT2D eigenvalue weighted by Crippen LogP contribution is -1.88. The molecule has 1 aliphatic carbocycles. The molecule has 1 aliphatic rings. The van der Waals surface area contributed by atoms with Crippen LogP contribution < -0.4 is 0 Å². The van der Waals surface area contributed by atoms with Crippen LogP contribution in [0.3, 0.4) is 0 Å². The lowest BCUT2D eigenvalue weighted by atomic mass is 10.1. The number of benzene rings is 1. The number of hydrogen-bond acceptors (Lipinski definition) is 1. The zero-order valence-electron chi connectivity index (χ0n) is 7.33. The van der Waals surface area contributed by atoms with E-state index < -0.39 is 0 Å². The van der Waals surface area contributed by atoms with Crippen LogP contribution in [-0.2, 0) is 6.42 Å². The molecule has 2 aromatic rings. The van der Waals surface area contributed by atoms with E-state index in [1.165, 1.54) is 22.0 Å². The SMILES string of the molecule is [CH]1CCc2ncc3ccccc3c21. The highest BCUT2D eigenvalue weighted by Gasteiger charge is 2.14. The lowest BCUT2D eigenvalue weighted by Gasteiger charge is -2.02. The predicted octanol–water partition coefficient (Wildman–Crippen LogP) is 2.73. The van der Waals surface area contributed by atoms with E-state index in [0.717, 1.165) is 12.8 Å². The van der Waals surface area contributed by atoms with Crippen LogP contribution in [0.15, 0.2) is 30.5 Å². The van der Waals surface area contributed by atoms with E-state index in [9.17, 15) is 0 Å². The molecule has 1 aromatic carbocycles. The summed E-state index contributed by atoms with van der Waals surface area (Å²) < 4.78 is 0. The summed E-state index contributed by atoms with van der Waals surface area (Å²) in [4.78, 5) is 4.46. The number of aromatic nitrogens is 1. The summed E-state index contributed by atoms with van der Waals surface area (Å²) >= 11 is 0. The molecule has 0 atom stereocenters. The van der Waals surface area contributed by atoms with Crippen LogP contribution in [0.2, 0.25) is 0 Å². The van der Waals surface area contributed by atoms with Crippen molar-refractivity contribution in [3.8, 4) is 0 Å². The molecule has 1 heteroatoms. The van der Waals surface area contributed by atoms with Gasteiger partial charge < -0.3 is 0 Å². The number of fused-ring (bicyclic) bond motifs is 3. The van der Waals surface area contributed by atoms with Gasteiger partial charge in [0, 0.05) is 17.3 Å². The molecule has 0 fully saturated rings. The maximum atomic E-state index is 4.46. The zero-order valence-corrected chi connectivity index (χ0v) is 7.33. The Kier molecular flexibility index (Phi) is 1.39. The van der Waals surface area contributed by atoms with Gasteiger partial charge in [-0.3, -0.25) is 4.98 Å². The van der Waals surface area contributed by atoms with Gasteiger partial charge in [-0.1, -0.05) is 24.3 Å². The minimum atomic E-state index is 1.11. The van der Waals surface area contributed by atoms with Gasteiger partial charge >= 0.3 is 0 Å². The highest BCUT2D eigenvalue weighted by atomic mass is 14.7. The minimum absolute atomic E-state index is 1.11. The normalized spacial score (nSPS) is 14.8. The molecule has 0 saturated heterocycles. The number of nitrogens with zero attached hydrogens (tertiary/aromatic N) is 1. The molecule has 13 heavy (non-hydrogen) atoms. The van der Waals surface area contributed by atoms with Crippen LogP contribution in [0.1, 0.15) is 17.7 Å². The van der Waals surface area contributed by atoms with Gasteiger partial charge in [-0.2, -0.15) is 0 Å². The third-order valence-electron chi connectivity index (χ3n) is 2.65. The second-order valence-corrected chi connectivity index (χ2v) is 3.45. The maximum Gasteiger partial charge on any atom is 0.0445 e. The molecule has 0 saturated carbocycles. The number of hydrogen-bond donors (Lipinski definition) is 0. The van der Waals surface area contributed by atoms with Crippen molar-refractivity contribution in [2.45, 2.75) is 12.8 Å². The van der Waals surface area contributed by atoms with Crippen LogP contribution in [0, 0.1) is 6.42 Å². The second kappa shape index (κ2) is 2.56. The first-order chi connectivity index (χ1) is 6.45. The fourth-order valence-electron chi connectivity index (χ4n) is 2.01. The van der Waals surface area contributed by atoms with Crippen LogP contribution in [0.5, 0.6) is 0 Å². The largest absolute Gasteiger partial charge is 0.260 e. The molecule has 1 heterocycles. The molecule has 1 aromatic heterocycles. The van der Waals surface area contributed by atoms with Crippen molar-refractivity contribution in [1.29, 1.82) is 0 Å². The Morgan fingerprint density at radius 3 is 3.08 bits per heavy atom. The summed E-state index contributed by atoms with van der Waals surface area (Å²) in [6.07, 6.45) is 6.54. The first kappa shape index (κ1) is 7.07. The Morgan fingerprint density at radius 1 is 1.15 bits per heavy atom. The molecule has 0 unspecified atom stereocenters. The Labute approximate surface area is 77.4 Å². The molecule has 0 spiro atoms. The molecule has 3 rings (SSSR count). The monoisotopic (exact) mass is 168 g/mol. The van der Waals surface area contributed by atoms with Gasteiger partial charge in [0.1, 0.15) is 0 Å². The van der Waals surface area contributed by atoms with Gasteiger partial charge in [0.05, 0.1) is 0 Å². The van der Waals surface area contributed by atoms with Crippen LogP contribution in [-0.4, -0.2) is 4.98 Å². The zero-order chi connectivity index (χ0) is 8.67. The molecule has 63 valence electrons. The smallest absolute Gasteiger partial charge is 0.0445 e. The highest BCUT2D eigenvalue weighted by molar-refractivity contribution is 5.87. The van der Waals surface area contributed by atoms with E-state index in [4.69, 9.17) is 0 Å². The van der Waals surface area contributed by atoms with Gasteiger partial charge in [-0.15, -0.1) is 0 Å². The molecule has 1 nitrogen and oxygen atoms in total. The Hall–Kier alpha value is -1.37. The summed E-state index contributed by atoms with van der Waals surface area (Å²) in [5, 5.41) is 2.60. The summed E-state index contributed by atoms with van der Waals surface area (Å²) in [6.45, 7) is 0. The fourth-order valence-corrected chi connectivity index (χ4v) is 2.01. The van der Waals surface area contributed by atoms with Crippen molar-refractivity contribution in [3.63, 3.8) is 0 Å². The Balaban J connectivity index is 2.43. The van der Waals surface area contributed by atoms with Crippen molar-refractivity contribution >= 4 is 10.8 Å². The summed E-state index contributed by atoms with van der Waals surface area (Å²) in [6, 6.07) is 8.45. The highest BCUT2D eigenvalue weighted by Crippen LogP contribution is 2.28. The molecular formula is C12H10N. The van der Waals surface area contributed by atoms with Crippen LogP contribution in [0.4, 0.5) is 0 Å². The maximum absolute atomic E-state index is 4.46. The van der Waals surface area contributed by atoms with E-state index in [1.807, 2.05) is 6.20 Å². The molecule has 0 aliphatic heterocycles. The first-order valence-electron chi connectivity index (χ1n) is 4.65. The minimum Gasteiger partial charge on any atom is -0.260 e. The standard InChI is InChI=1S/C12H10N/c1-2-5-10-9(4-1)8-13-12-7-3-6-11(10)12/h1-2,4-6,8H,3,7H2. The topological polar surface area (TPSA) is 12.9 Å².